The van der Waals surface area contributed by atoms with E-state index in [1.807, 2.05) is 35.2 Å². The first kappa shape index (κ1) is 25.7. The summed E-state index contributed by atoms with van der Waals surface area (Å²) in [5, 5.41) is 19.9. The number of benzene rings is 2. The summed E-state index contributed by atoms with van der Waals surface area (Å²) in [5.41, 5.74) is 0.438. The molecule has 34 heavy (non-hydrogen) atoms. The van der Waals surface area contributed by atoms with Crippen LogP contribution in [-0.4, -0.2) is 66.2 Å². The molecule has 0 spiro atoms. The van der Waals surface area contributed by atoms with Crippen molar-refractivity contribution >= 4 is 5.97 Å². The van der Waals surface area contributed by atoms with Gasteiger partial charge in [0.25, 0.3) is 0 Å². The number of carboxylic acids is 1. The number of nitrogens with zero attached hydrogens (tertiary/aromatic N) is 3. The first-order chi connectivity index (χ1) is 16.4. The Hall–Kier alpha value is -2.95. The van der Waals surface area contributed by atoms with Gasteiger partial charge in [0.1, 0.15) is 24.2 Å². The van der Waals surface area contributed by atoms with Crippen LogP contribution in [0.1, 0.15) is 32.3 Å². The Morgan fingerprint density at radius 1 is 1.18 bits per heavy atom. The second kappa shape index (κ2) is 12.0. The van der Waals surface area contributed by atoms with E-state index in [0.717, 1.165) is 18.5 Å². The fourth-order valence-electron chi connectivity index (χ4n) is 4.72. The van der Waals surface area contributed by atoms with E-state index < -0.39 is 17.4 Å². The zero-order chi connectivity index (χ0) is 24.6. The Balaban J connectivity index is 1.53. The Labute approximate surface area is 201 Å². The number of carboxylic acid groups (broad SMARTS) is 1. The molecule has 7 heteroatoms. The van der Waals surface area contributed by atoms with Gasteiger partial charge in [-0.3, -0.25) is 14.6 Å². The molecule has 1 heterocycles. The number of carbonyl (C=O) groups is 1. The van der Waals surface area contributed by atoms with Gasteiger partial charge in [0.15, 0.2) is 0 Å². The Kier molecular flexibility index (Phi) is 9.03. The number of piperazine rings is 1. The molecule has 0 aromatic heterocycles. The van der Waals surface area contributed by atoms with E-state index in [4.69, 9.17) is 4.74 Å². The number of hydrogen-bond donors (Lipinski definition) is 1. The van der Waals surface area contributed by atoms with Crippen LogP contribution in [0.5, 0.6) is 5.75 Å². The Morgan fingerprint density at radius 3 is 2.50 bits per heavy atom. The van der Waals surface area contributed by atoms with Crippen molar-refractivity contribution in [3.05, 3.63) is 66.0 Å². The van der Waals surface area contributed by atoms with Crippen LogP contribution in [0.4, 0.5) is 4.39 Å². The highest BCUT2D eigenvalue weighted by Gasteiger charge is 2.37. The maximum Gasteiger partial charge on any atom is 0.322 e. The van der Waals surface area contributed by atoms with Gasteiger partial charge in [0.05, 0.1) is 11.5 Å². The molecule has 2 aromatic carbocycles. The fourth-order valence-corrected chi connectivity index (χ4v) is 4.72. The van der Waals surface area contributed by atoms with Gasteiger partial charge >= 0.3 is 5.97 Å². The molecule has 0 aliphatic carbocycles. The zero-order valence-corrected chi connectivity index (χ0v) is 20.0. The van der Waals surface area contributed by atoms with E-state index in [-0.39, 0.29) is 11.7 Å². The van der Waals surface area contributed by atoms with Gasteiger partial charge < -0.3 is 9.84 Å². The van der Waals surface area contributed by atoms with E-state index in [0.29, 0.717) is 45.0 Å². The number of aliphatic carboxylic acids is 1. The molecule has 182 valence electrons. The van der Waals surface area contributed by atoms with Gasteiger partial charge in [-0.25, -0.2) is 4.39 Å². The number of ether oxygens (including phenoxy) is 1. The van der Waals surface area contributed by atoms with E-state index in [9.17, 15) is 19.6 Å². The van der Waals surface area contributed by atoms with Crippen molar-refractivity contribution in [2.45, 2.75) is 38.1 Å². The SMILES string of the molecule is CC(C)C(C#N)(CCCN1CCN(CCOc2ccc(F)cc2)CC1C(=O)O)c1ccccc1. The third-order valence-electron chi connectivity index (χ3n) is 6.84. The van der Waals surface area contributed by atoms with Crippen molar-refractivity contribution in [2.24, 2.45) is 5.92 Å². The molecular formula is C27H34FN3O3. The summed E-state index contributed by atoms with van der Waals surface area (Å²) in [5.74, 6) is -0.396. The molecule has 3 rings (SSSR count). The van der Waals surface area contributed by atoms with Gasteiger partial charge in [0, 0.05) is 26.2 Å². The van der Waals surface area contributed by atoms with Gasteiger partial charge in [-0.1, -0.05) is 44.2 Å². The summed E-state index contributed by atoms with van der Waals surface area (Å²) >= 11 is 0. The molecule has 1 aliphatic rings. The smallest absolute Gasteiger partial charge is 0.322 e. The lowest BCUT2D eigenvalue weighted by Crippen LogP contribution is -2.57. The first-order valence-electron chi connectivity index (χ1n) is 11.9. The minimum Gasteiger partial charge on any atom is -0.492 e. The molecule has 1 N–H and O–H groups in total. The summed E-state index contributed by atoms with van der Waals surface area (Å²) in [6.07, 6.45) is 1.43. The Bertz CT molecular complexity index is 961. The molecular weight excluding hydrogens is 433 g/mol. The number of rotatable bonds is 11. The molecule has 0 radical (unpaired) electrons. The third-order valence-corrected chi connectivity index (χ3v) is 6.84. The van der Waals surface area contributed by atoms with Crippen LogP contribution in [0.15, 0.2) is 54.6 Å². The minimum absolute atomic E-state index is 0.146. The molecule has 1 saturated heterocycles. The van der Waals surface area contributed by atoms with Crippen molar-refractivity contribution < 1.29 is 19.0 Å². The summed E-state index contributed by atoms with van der Waals surface area (Å²) in [4.78, 5) is 16.1. The van der Waals surface area contributed by atoms with Gasteiger partial charge in [-0.15, -0.1) is 0 Å². The predicted octanol–water partition coefficient (Wildman–Crippen LogP) is 4.17. The molecule has 0 saturated carbocycles. The summed E-state index contributed by atoms with van der Waals surface area (Å²) in [6, 6.07) is 17.8. The van der Waals surface area contributed by atoms with Crippen LogP contribution in [0, 0.1) is 23.1 Å². The van der Waals surface area contributed by atoms with Crippen LogP contribution in [0.3, 0.4) is 0 Å². The van der Waals surface area contributed by atoms with Gasteiger partial charge in [-0.2, -0.15) is 5.26 Å². The Morgan fingerprint density at radius 2 is 1.88 bits per heavy atom. The largest absolute Gasteiger partial charge is 0.492 e. The second-order valence-electron chi connectivity index (χ2n) is 9.20. The van der Waals surface area contributed by atoms with E-state index >= 15 is 0 Å². The molecule has 2 aromatic rings. The molecule has 1 aliphatic heterocycles. The number of halogens is 1. The van der Waals surface area contributed by atoms with E-state index in [2.05, 4.69) is 24.8 Å². The highest BCUT2D eigenvalue weighted by Crippen LogP contribution is 2.36. The van der Waals surface area contributed by atoms with Crippen LogP contribution < -0.4 is 4.74 Å². The standard InChI is InChI=1S/C27H34FN3O3/c1-21(2)27(20-29,22-7-4-3-5-8-22)13-6-14-31-16-15-30(19-25(31)26(32)33)17-18-34-24-11-9-23(28)10-12-24/h3-5,7-12,21,25H,6,13-19H2,1-2H3,(H,32,33). The highest BCUT2D eigenvalue weighted by molar-refractivity contribution is 5.74. The molecule has 0 bridgehead atoms. The van der Waals surface area contributed by atoms with Crippen LogP contribution in [0.25, 0.3) is 0 Å². The molecule has 1 fully saturated rings. The topological polar surface area (TPSA) is 76.8 Å². The normalized spacial score (nSPS) is 18.9. The fraction of sp³-hybridized carbons (Fsp3) is 0.481. The lowest BCUT2D eigenvalue weighted by Gasteiger charge is -2.40. The molecule has 0 amide bonds. The minimum atomic E-state index is -0.831. The molecule has 6 nitrogen and oxygen atoms in total. The highest BCUT2D eigenvalue weighted by atomic mass is 19.1. The lowest BCUT2D eigenvalue weighted by atomic mass is 9.70. The first-order valence-corrected chi connectivity index (χ1v) is 11.9. The summed E-state index contributed by atoms with van der Waals surface area (Å²) in [7, 11) is 0. The van der Waals surface area contributed by atoms with Crippen molar-refractivity contribution in [2.75, 3.05) is 39.3 Å². The van der Waals surface area contributed by atoms with Crippen molar-refractivity contribution in [3.63, 3.8) is 0 Å². The van der Waals surface area contributed by atoms with Crippen LogP contribution in [-0.2, 0) is 10.2 Å². The summed E-state index contributed by atoms with van der Waals surface area (Å²) in [6.45, 7) is 7.63. The van der Waals surface area contributed by atoms with Gasteiger partial charge in [0.2, 0.25) is 0 Å². The quantitative estimate of drug-likeness (QED) is 0.535. The maximum absolute atomic E-state index is 13.0. The zero-order valence-electron chi connectivity index (χ0n) is 20.0. The van der Waals surface area contributed by atoms with Crippen molar-refractivity contribution in [1.82, 2.24) is 9.80 Å². The molecule has 2 unspecified atom stereocenters. The van der Waals surface area contributed by atoms with Gasteiger partial charge in [-0.05, 0) is 55.1 Å². The van der Waals surface area contributed by atoms with Crippen LogP contribution in [0.2, 0.25) is 0 Å². The maximum atomic E-state index is 13.0. The number of hydrogen-bond acceptors (Lipinski definition) is 5. The van der Waals surface area contributed by atoms with E-state index in [1.165, 1.54) is 12.1 Å². The average Bonchev–Trinajstić information content (AvgIpc) is 2.84. The average molecular weight is 468 g/mol. The predicted molar refractivity (Wildman–Crippen MR) is 129 cm³/mol. The second-order valence-corrected chi connectivity index (χ2v) is 9.20. The monoisotopic (exact) mass is 467 g/mol. The lowest BCUT2D eigenvalue weighted by molar-refractivity contribution is -0.146. The van der Waals surface area contributed by atoms with Crippen LogP contribution >= 0.6 is 0 Å². The van der Waals surface area contributed by atoms with E-state index in [1.54, 1.807) is 12.1 Å². The van der Waals surface area contributed by atoms with Crippen molar-refractivity contribution in [1.29, 1.82) is 5.26 Å². The molecule has 2 atom stereocenters. The third kappa shape index (κ3) is 6.34. The summed E-state index contributed by atoms with van der Waals surface area (Å²) < 4.78 is 18.7. The number of nitriles is 1. The van der Waals surface area contributed by atoms with Crippen molar-refractivity contribution in [3.8, 4) is 11.8 Å².